The lowest BCUT2D eigenvalue weighted by molar-refractivity contribution is -0.162. The van der Waals surface area contributed by atoms with E-state index < -0.39 is 10.0 Å². The maximum atomic E-state index is 11.0. The third-order valence-corrected chi connectivity index (χ3v) is 5.14. The standard InChI is InChI=1S/C8H21IN4O4S/c1-7(16-12(10)14)5-18(3,4)6-8(2)17-13(15)11-9/h7-8,11H,5-6,10H2,1-4H3/q-2. The molecular formula is C8H21IN4O4S-2. The summed E-state index contributed by atoms with van der Waals surface area (Å²) in [4.78, 5) is 9.86. The van der Waals surface area contributed by atoms with E-state index in [0.29, 0.717) is 11.1 Å². The first-order chi connectivity index (χ1) is 8.16. The van der Waals surface area contributed by atoms with E-state index >= 15 is 0 Å². The van der Waals surface area contributed by atoms with Crippen LogP contribution in [0.4, 0.5) is 0 Å². The van der Waals surface area contributed by atoms with E-state index in [1.807, 2.05) is 6.92 Å². The van der Waals surface area contributed by atoms with Crippen molar-refractivity contribution in [3.63, 3.8) is 0 Å². The maximum absolute atomic E-state index is 11.0. The molecule has 2 atom stereocenters. The topological polar surface area (TPSA) is 109 Å². The van der Waals surface area contributed by atoms with E-state index in [1.54, 1.807) is 29.8 Å². The van der Waals surface area contributed by atoms with Crippen LogP contribution in [0, 0.1) is 10.4 Å². The van der Waals surface area contributed by atoms with Gasteiger partial charge < -0.3 is 10.4 Å². The average molecular weight is 396 g/mol. The largest absolute Gasteiger partial charge is 0.748 e. The van der Waals surface area contributed by atoms with Crippen LogP contribution < -0.4 is 9.48 Å². The zero-order chi connectivity index (χ0) is 14.3. The highest BCUT2D eigenvalue weighted by molar-refractivity contribution is 14.1. The molecule has 10 heteroatoms. The predicted molar refractivity (Wildman–Crippen MR) is 82.0 cm³/mol. The van der Waals surface area contributed by atoms with Gasteiger partial charge in [-0.05, 0) is 26.4 Å². The van der Waals surface area contributed by atoms with Gasteiger partial charge in [-0.15, -0.1) is 0 Å². The Bertz CT molecular complexity index is 237. The number of halogens is 1. The zero-order valence-corrected chi connectivity index (χ0v) is 13.9. The zero-order valence-electron chi connectivity index (χ0n) is 11.0. The molecule has 0 saturated carbocycles. The second-order valence-electron chi connectivity index (χ2n) is 4.56. The van der Waals surface area contributed by atoms with Gasteiger partial charge in [0, 0.05) is 34.4 Å². The summed E-state index contributed by atoms with van der Waals surface area (Å²) in [6.07, 6.45) is 3.69. The minimum atomic E-state index is -1.05. The fourth-order valence-corrected chi connectivity index (χ4v) is 4.67. The molecule has 0 aliphatic carbocycles. The monoisotopic (exact) mass is 396 g/mol. The molecule has 18 heavy (non-hydrogen) atoms. The summed E-state index contributed by atoms with van der Waals surface area (Å²) in [5, 5.41) is 21.8. The molecule has 0 bridgehead atoms. The van der Waals surface area contributed by atoms with Crippen LogP contribution in [0.15, 0.2) is 0 Å². The summed E-state index contributed by atoms with van der Waals surface area (Å²) in [6, 6.07) is 0. The van der Waals surface area contributed by atoms with Crippen LogP contribution >= 0.6 is 32.9 Å². The van der Waals surface area contributed by atoms with E-state index in [2.05, 4.69) is 16.2 Å². The molecule has 0 amide bonds. The SMILES string of the molecule is CC(CS(C)(C)CC(C)ON([O-])NI)ON(N)[O-]. The minimum Gasteiger partial charge on any atom is -0.748 e. The fraction of sp³-hybridized carbons (Fsp3) is 1.00. The Morgan fingerprint density at radius 3 is 2.06 bits per heavy atom. The van der Waals surface area contributed by atoms with Crippen LogP contribution in [0.1, 0.15) is 13.8 Å². The van der Waals surface area contributed by atoms with Crippen molar-refractivity contribution >= 4 is 32.9 Å². The Morgan fingerprint density at radius 1 is 1.22 bits per heavy atom. The van der Waals surface area contributed by atoms with Gasteiger partial charge in [0.15, 0.2) is 0 Å². The Labute approximate surface area is 123 Å². The van der Waals surface area contributed by atoms with Crippen LogP contribution in [-0.2, 0) is 9.68 Å². The summed E-state index contributed by atoms with van der Waals surface area (Å²) < 4.78 is 2.29. The number of hydrogen-bond donors (Lipinski definition) is 2. The molecule has 0 aromatic carbocycles. The molecule has 0 saturated heterocycles. The predicted octanol–water partition coefficient (Wildman–Crippen LogP) is 1.02. The van der Waals surface area contributed by atoms with Crippen molar-refractivity contribution in [2.75, 3.05) is 24.0 Å². The molecule has 112 valence electrons. The Balaban J connectivity index is 4.12. The lowest BCUT2D eigenvalue weighted by Crippen LogP contribution is -2.35. The molecule has 0 aromatic rings. The second-order valence-corrected chi connectivity index (χ2v) is 9.24. The van der Waals surface area contributed by atoms with Crippen LogP contribution in [0.25, 0.3) is 0 Å². The maximum Gasteiger partial charge on any atom is 0.0845 e. The first-order valence-electron chi connectivity index (χ1n) is 5.24. The molecule has 2 unspecified atom stereocenters. The van der Waals surface area contributed by atoms with Gasteiger partial charge >= 0.3 is 0 Å². The fourth-order valence-electron chi connectivity index (χ4n) is 1.76. The quantitative estimate of drug-likeness (QED) is 0.257. The summed E-state index contributed by atoms with van der Waals surface area (Å²) >= 11 is 1.69. The van der Waals surface area contributed by atoms with Crippen LogP contribution in [0.3, 0.4) is 0 Å². The Hall–Kier alpha value is 0.760. The van der Waals surface area contributed by atoms with Crippen LogP contribution in [-0.4, -0.2) is 46.9 Å². The molecule has 0 heterocycles. The van der Waals surface area contributed by atoms with Crippen molar-refractivity contribution in [2.45, 2.75) is 26.1 Å². The van der Waals surface area contributed by atoms with E-state index in [9.17, 15) is 10.4 Å². The summed E-state index contributed by atoms with van der Waals surface area (Å²) in [5.74, 6) is 6.31. The van der Waals surface area contributed by atoms with Crippen molar-refractivity contribution in [1.82, 2.24) is 14.3 Å². The number of nitrogens with one attached hydrogen (secondary N) is 1. The van der Waals surface area contributed by atoms with Gasteiger partial charge in [-0.25, -0.2) is 10.0 Å². The molecule has 8 nitrogen and oxygen atoms in total. The van der Waals surface area contributed by atoms with Gasteiger partial charge in [-0.1, -0.05) is 0 Å². The van der Waals surface area contributed by atoms with Crippen molar-refractivity contribution < 1.29 is 9.68 Å². The molecule has 0 aromatic heterocycles. The minimum absolute atomic E-state index is 0.0283. The van der Waals surface area contributed by atoms with Gasteiger partial charge in [0.05, 0.1) is 12.2 Å². The molecule has 0 radical (unpaired) electrons. The number of nitrogens with zero attached hydrogens (tertiary/aromatic N) is 2. The molecule has 0 aliphatic rings. The van der Waals surface area contributed by atoms with Crippen molar-refractivity contribution in [2.24, 2.45) is 5.84 Å². The summed E-state index contributed by atoms with van der Waals surface area (Å²) in [6.45, 7) is 3.60. The molecule has 0 fully saturated rings. The first-order valence-corrected chi connectivity index (χ1v) is 9.10. The highest BCUT2D eigenvalue weighted by atomic mass is 127. The molecule has 0 aliphatic heterocycles. The van der Waals surface area contributed by atoms with E-state index in [-0.39, 0.29) is 17.5 Å². The van der Waals surface area contributed by atoms with Gasteiger partial charge in [0.25, 0.3) is 0 Å². The second kappa shape index (κ2) is 8.84. The van der Waals surface area contributed by atoms with Crippen LogP contribution in [0.2, 0.25) is 0 Å². The van der Waals surface area contributed by atoms with Crippen molar-refractivity contribution in [1.29, 1.82) is 0 Å². The van der Waals surface area contributed by atoms with Gasteiger partial charge in [-0.2, -0.15) is 14.3 Å². The van der Waals surface area contributed by atoms with Gasteiger partial charge in [0.2, 0.25) is 0 Å². The average Bonchev–Trinajstić information content (AvgIpc) is 2.13. The molecule has 0 rings (SSSR count). The number of rotatable bonds is 9. The smallest absolute Gasteiger partial charge is 0.0845 e. The first kappa shape index (κ1) is 18.8. The molecule has 0 spiro atoms. The number of nitrogens with two attached hydrogens (primary N) is 1. The normalized spacial score (nSPS) is 17.2. The lowest BCUT2D eigenvalue weighted by atomic mass is 10.5. The van der Waals surface area contributed by atoms with E-state index in [4.69, 9.17) is 15.5 Å². The van der Waals surface area contributed by atoms with Crippen LogP contribution in [0.5, 0.6) is 0 Å². The van der Waals surface area contributed by atoms with E-state index in [0.717, 1.165) is 5.75 Å². The van der Waals surface area contributed by atoms with Crippen molar-refractivity contribution in [3.8, 4) is 0 Å². The summed E-state index contributed by atoms with van der Waals surface area (Å²) in [5.41, 5.74) is 0. The van der Waals surface area contributed by atoms with Gasteiger partial charge in [-0.3, -0.25) is 15.5 Å². The van der Waals surface area contributed by atoms with Gasteiger partial charge in [0.1, 0.15) is 0 Å². The Morgan fingerprint density at radius 2 is 1.67 bits per heavy atom. The van der Waals surface area contributed by atoms with Crippen molar-refractivity contribution in [3.05, 3.63) is 10.4 Å². The third kappa shape index (κ3) is 9.66. The Kier molecular flexibility index (Phi) is 9.21. The molecular weight excluding hydrogens is 375 g/mol. The summed E-state index contributed by atoms with van der Waals surface area (Å²) in [7, 11) is -1.05. The molecule has 3 N–H and O–H groups in total. The highest BCUT2D eigenvalue weighted by Crippen LogP contribution is 2.41. The third-order valence-electron chi connectivity index (χ3n) is 2.00. The number of hydrogen-bond acceptors (Lipinski definition) is 8. The highest BCUT2D eigenvalue weighted by Gasteiger charge is 2.20. The van der Waals surface area contributed by atoms with E-state index in [1.165, 1.54) is 0 Å². The number of hydrazine groups is 2. The lowest BCUT2D eigenvalue weighted by Gasteiger charge is -2.38.